The van der Waals surface area contributed by atoms with Crippen LogP contribution in [0.15, 0.2) is 30.3 Å². The molecule has 1 aromatic carbocycles. The van der Waals surface area contributed by atoms with Crippen LogP contribution in [0.5, 0.6) is 5.75 Å². The summed E-state index contributed by atoms with van der Waals surface area (Å²) in [6, 6.07) is 9.66. The van der Waals surface area contributed by atoms with Gasteiger partial charge in [-0.3, -0.25) is 0 Å². The molecule has 2 rings (SSSR count). The van der Waals surface area contributed by atoms with Gasteiger partial charge in [-0.25, -0.2) is 0 Å². The lowest BCUT2D eigenvalue weighted by Gasteiger charge is -2.19. The van der Waals surface area contributed by atoms with Gasteiger partial charge in [0.15, 0.2) is 0 Å². The van der Waals surface area contributed by atoms with E-state index in [0.29, 0.717) is 79.3 Å². The number of ether oxygens (including phenoxy) is 7. The second-order valence-corrected chi connectivity index (χ2v) is 5.64. The maximum Gasteiger partial charge on any atom is 0.119 e. The van der Waals surface area contributed by atoms with Crippen molar-refractivity contribution >= 4 is 0 Å². The maximum absolute atomic E-state index is 5.83. The highest BCUT2D eigenvalue weighted by Crippen LogP contribution is 2.09. The molecule has 1 aromatic rings. The van der Waals surface area contributed by atoms with E-state index in [1.807, 2.05) is 30.3 Å². The van der Waals surface area contributed by atoms with E-state index in [1.54, 1.807) is 0 Å². The van der Waals surface area contributed by atoms with Crippen molar-refractivity contribution in [3.8, 4) is 5.75 Å². The number of hydrogen-bond donors (Lipinski definition) is 0. The molecule has 1 aliphatic heterocycles. The fourth-order valence-electron chi connectivity index (χ4n) is 2.22. The lowest BCUT2D eigenvalue weighted by atomic mass is 10.3. The fraction of sp³-hybridized carbons (Fsp3) is 0.684. The Kier molecular flexibility index (Phi) is 12.1. The normalized spacial score (nSPS) is 22.8. The van der Waals surface area contributed by atoms with Crippen molar-refractivity contribution < 1.29 is 33.2 Å². The minimum absolute atomic E-state index is 0.169. The van der Waals surface area contributed by atoms with Gasteiger partial charge in [-0.05, 0) is 12.1 Å². The molecule has 26 heavy (non-hydrogen) atoms. The lowest BCUT2D eigenvalue weighted by molar-refractivity contribution is -0.0711. The zero-order valence-electron chi connectivity index (χ0n) is 15.3. The Labute approximate surface area is 155 Å². The first-order chi connectivity index (χ1) is 12.9. The molecule has 0 amide bonds. The summed E-state index contributed by atoms with van der Waals surface area (Å²) in [5.41, 5.74) is 0. The molecule has 7 heteroatoms. The molecule has 0 N–H and O–H groups in total. The molecule has 1 aliphatic rings. The van der Waals surface area contributed by atoms with E-state index in [4.69, 9.17) is 33.2 Å². The monoisotopic (exact) mass is 370 g/mol. The Morgan fingerprint density at radius 3 is 1.73 bits per heavy atom. The molecular weight excluding hydrogens is 340 g/mol. The highest BCUT2D eigenvalue weighted by Gasteiger charge is 2.11. The van der Waals surface area contributed by atoms with Crippen LogP contribution in [0.3, 0.4) is 0 Å². The SMILES string of the molecule is c1ccc(OCC2COCCOCCOCCOCCOCCO2)cc1. The lowest BCUT2D eigenvalue weighted by Crippen LogP contribution is -2.29. The van der Waals surface area contributed by atoms with Crippen LogP contribution in [0.4, 0.5) is 0 Å². The molecule has 0 saturated carbocycles. The molecule has 1 fully saturated rings. The van der Waals surface area contributed by atoms with Crippen LogP contribution in [-0.4, -0.2) is 85.4 Å². The zero-order valence-corrected chi connectivity index (χ0v) is 15.3. The van der Waals surface area contributed by atoms with Crippen LogP contribution >= 0.6 is 0 Å². The average molecular weight is 370 g/mol. The number of hydrogen-bond acceptors (Lipinski definition) is 7. The molecule has 0 aliphatic carbocycles. The van der Waals surface area contributed by atoms with E-state index < -0.39 is 0 Å². The Hall–Kier alpha value is -1.22. The second-order valence-electron chi connectivity index (χ2n) is 5.64. The van der Waals surface area contributed by atoms with Crippen LogP contribution in [-0.2, 0) is 28.4 Å². The van der Waals surface area contributed by atoms with E-state index in [9.17, 15) is 0 Å². The molecule has 0 aromatic heterocycles. The predicted molar refractivity (Wildman–Crippen MR) is 95.8 cm³/mol. The second kappa shape index (κ2) is 14.9. The summed E-state index contributed by atoms with van der Waals surface area (Å²) in [5.74, 6) is 0.812. The molecule has 1 atom stereocenters. The minimum Gasteiger partial charge on any atom is -0.491 e. The van der Waals surface area contributed by atoms with Gasteiger partial charge in [-0.1, -0.05) is 18.2 Å². The maximum atomic E-state index is 5.83. The first kappa shape index (κ1) is 21.1. The molecule has 7 nitrogen and oxygen atoms in total. The smallest absolute Gasteiger partial charge is 0.119 e. The largest absolute Gasteiger partial charge is 0.491 e. The molecule has 1 heterocycles. The van der Waals surface area contributed by atoms with Gasteiger partial charge in [0, 0.05) is 0 Å². The van der Waals surface area contributed by atoms with Gasteiger partial charge in [0.05, 0.1) is 72.7 Å². The fourth-order valence-corrected chi connectivity index (χ4v) is 2.22. The van der Waals surface area contributed by atoms with Gasteiger partial charge in [-0.15, -0.1) is 0 Å². The molecule has 148 valence electrons. The zero-order chi connectivity index (χ0) is 18.1. The molecule has 1 unspecified atom stereocenters. The standard InChI is InChI=1S/C19H30O7/c1-2-4-18(5-3-1)26-17-19-16-24-13-12-22-9-8-20-6-7-21-10-11-23-14-15-25-19/h1-5,19H,6-17H2. The molecule has 0 bridgehead atoms. The van der Waals surface area contributed by atoms with Crippen LogP contribution < -0.4 is 4.74 Å². The summed E-state index contributed by atoms with van der Waals surface area (Å²) in [7, 11) is 0. The van der Waals surface area contributed by atoms with Crippen molar-refractivity contribution in [2.75, 3.05) is 79.3 Å². The highest BCUT2D eigenvalue weighted by atomic mass is 16.6. The van der Waals surface area contributed by atoms with Crippen molar-refractivity contribution in [2.24, 2.45) is 0 Å². The van der Waals surface area contributed by atoms with Gasteiger partial charge < -0.3 is 33.2 Å². The molecular formula is C19H30O7. The van der Waals surface area contributed by atoms with Crippen LogP contribution in [0, 0.1) is 0 Å². The first-order valence-electron chi connectivity index (χ1n) is 9.13. The van der Waals surface area contributed by atoms with Crippen LogP contribution in [0.1, 0.15) is 0 Å². The van der Waals surface area contributed by atoms with Gasteiger partial charge in [-0.2, -0.15) is 0 Å². The summed E-state index contributed by atoms with van der Waals surface area (Å²) in [6.07, 6.45) is -0.169. The van der Waals surface area contributed by atoms with E-state index in [0.717, 1.165) is 5.75 Å². The van der Waals surface area contributed by atoms with Crippen LogP contribution in [0.2, 0.25) is 0 Å². The molecule has 0 spiro atoms. The third-order valence-corrected chi connectivity index (χ3v) is 3.55. The van der Waals surface area contributed by atoms with Crippen molar-refractivity contribution in [1.29, 1.82) is 0 Å². The summed E-state index contributed by atoms with van der Waals surface area (Å²) in [4.78, 5) is 0. The van der Waals surface area contributed by atoms with Crippen molar-refractivity contribution in [1.82, 2.24) is 0 Å². The van der Waals surface area contributed by atoms with Crippen molar-refractivity contribution in [2.45, 2.75) is 6.10 Å². The Morgan fingerprint density at radius 1 is 0.654 bits per heavy atom. The highest BCUT2D eigenvalue weighted by molar-refractivity contribution is 5.20. The number of benzene rings is 1. The first-order valence-corrected chi connectivity index (χ1v) is 9.13. The number of para-hydroxylation sites is 1. The van der Waals surface area contributed by atoms with Gasteiger partial charge in [0.1, 0.15) is 18.5 Å². The van der Waals surface area contributed by atoms with Crippen molar-refractivity contribution in [3.05, 3.63) is 30.3 Å². The Morgan fingerprint density at radius 2 is 1.15 bits per heavy atom. The number of rotatable bonds is 3. The summed E-state index contributed by atoms with van der Waals surface area (Å²) in [6.45, 7) is 6.17. The third-order valence-electron chi connectivity index (χ3n) is 3.55. The van der Waals surface area contributed by atoms with E-state index >= 15 is 0 Å². The summed E-state index contributed by atoms with van der Waals surface area (Å²) in [5, 5.41) is 0. The van der Waals surface area contributed by atoms with Crippen LogP contribution in [0.25, 0.3) is 0 Å². The Bertz CT molecular complexity index is 411. The van der Waals surface area contributed by atoms with Gasteiger partial charge in [0.2, 0.25) is 0 Å². The van der Waals surface area contributed by atoms with E-state index in [1.165, 1.54) is 0 Å². The summed E-state index contributed by atoms with van der Waals surface area (Å²) < 4.78 is 39.0. The van der Waals surface area contributed by atoms with E-state index in [-0.39, 0.29) is 6.10 Å². The average Bonchev–Trinajstić information content (AvgIpc) is 2.68. The quantitative estimate of drug-likeness (QED) is 0.800. The van der Waals surface area contributed by atoms with E-state index in [2.05, 4.69) is 0 Å². The molecule has 1 saturated heterocycles. The molecule has 0 radical (unpaired) electrons. The predicted octanol–water partition coefficient (Wildman–Crippen LogP) is 1.55. The van der Waals surface area contributed by atoms with Gasteiger partial charge >= 0.3 is 0 Å². The topological polar surface area (TPSA) is 64.6 Å². The van der Waals surface area contributed by atoms with Crippen molar-refractivity contribution in [3.63, 3.8) is 0 Å². The minimum atomic E-state index is -0.169. The van der Waals surface area contributed by atoms with Gasteiger partial charge in [0.25, 0.3) is 0 Å². The summed E-state index contributed by atoms with van der Waals surface area (Å²) >= 11 is 0. The third kappa shape index (κ3) is 10.7. The Balaban J connectivity index is 1.70.